The molecule has 0 fully saturated rings. The number of ether oxygens (including phenoxy) is 2. The van der Waals surface area contributed by atoms with Crippen molar-refractivity contribution in [1.29, 1.82) is 0 Å². The van der Waals surface area contributed by atoms with Crippen molar-refractivity contribution in [2.24, 2.45) is 0 Å². The number of para-hydroxylation sites is 1. The molecule has 3 rings (SSSR count). The highest BCUT2D eigenvalue weighted by atomic mass is 79.9. The van der Waals surface area contributed by atoms with Crippen molar-refractivity contribution in [2.45, 2.75) is 12.8 Å². The molecular weight excluding hydrogens is 388 g/mol. The average Bonchev–Trinajstić information content (AvgIpc) is 3.11. The van der Waals surface area contributed by atoms with Crippen molar-refractivity contribution in [1.82, 2.24) is 10.1 Å². The van der Waals surface area contributed by atoms with Gasteiger partial charge in [-0.05, 0) is 52.3 Å². The van der Waals surface area contributed by atoms with Gasteiger partial charge in [0.25, 0.3) is 0 Å². The molecule has 0 N–H and O–H groups in total. The Hall–Kier alpha value is -2.67. The largest absolute Gasteiger partial charge is 0.497 e. The Morgan fingerprint density at radius 2 is 1.92 bits per heavy atom. The normalized spacial score (nSPS) is 10.5. The van der Waals surface area contributed by atoms with Crippen molar-refractivity contribution in [3.05, 3.63) is 58.9 Å². The van der Waals surface area contributed by atoms with Gasteiger partial charge in [-0.15, -0.1) is 0 Å². The predicted octanol–water partition coefficient (Wildman–Crippen LogP) is 4.05. The van der Waals surface area contributed by atoms with E-state index in [2.05, 4.69) is 26.1 Å². The molecule has 7 heteroatoms. The van der Waals surface area contributed by atoms with Gasteiger partial charge >= 0.3 is 5.97 Å². The molecule has 0 amide bonds. The van der Waals surface area contributed by atoms with Crippen LogP contribution in [-0.4, -0.2) is 23.2 Å². The molecular formula is C18H15BrN2O4. The van der Waals surface area contributed by atoms with Crippen molar-refractivity contribution in [2.75, 3.05) is 7.11 Å². The summed E-state index contributed by atoms with van der Waals surface area (Å²) in [7, 11) is 1.61. The summed E-state index contributed by atoms with van der Waals surface area (Å²) in [5.74, 6) is 1.72. The van der Waals surface area contributed by atoms with Gasteiger partial charge in [0.15, 0.2) is 0 Å². The minimum Gasteiger partial charge on any atom is -0.497 e. The number of hydrogen-bond acceptors (Lipinski definition) is 6. The third-order valence-electron chi connectivity index (χ3n) is 3.42. The summed E-state index contributed by atoms with van der Waals surface area (Å²) in [5, 5.41) is 3.93. The average molecular weight is 403 g/mol. The highest BCUT2D eigenvalue weighted by Gasteiger charge is 2.13. The first-order valence-corrected chi connectivity index (χ1v) is 8.37. The molecule has 1 heterocycles. The first-order valence-electron chi connectivity index (χ1n) is 7.58. The number of halogens is 1. The standard InChI is InChI=1S/C18H15BrN2O4/c1-23-13-8-6-12(7-9-13)18-20-16(25-21-18)10-11-17(22)24-15-5-3-2-4-14(15)19/h2-9H,10-11H2,1H3. The van der Waals surface area contributed by atoms with Crippen LogP contribution in [0.15, 0.2) is 57.5 Å². The number of methoxy groups -OCH3 is 1. The topological polar surface area (TPSA) is 74.5 Å². The molecule has 0 saturated heterocycles. The van der Waals surface area contributed by atoms with Crippen LogP contribution in [0.3, 0.4) is 0 Å². The van der Waals surface area contributed by atoms with Crippen LogP contribution in [-0.2, 0) is 11.2 Å². The molecule has 0 atom stereocenters. The number of esters is 1. The molecule has 0 spiro atoms. The van der Waals surface area contributed by atoms with E-state index < -0.39 is 0 Å². The number of aryl methyl sites for hydroxylation is 1. The number of nitrogens with zero attached hydrogens (tertiary/aromatic N) is 2. The number of carbonyl (C=O) groups excluding carboxylic acids is 1. The lowest BCUT2D eigenvalue weighted by molar-refractivity contribution is -0.134. The molecule has 0 aliphatic heterocycles. The van der Waals surface area contributed by atoms with Gasteiger partial charge in [0.1, 0.15) is 11.5 Å². The van der Waals surface area contributed by atoms with Gasteiger partial charge < -0.3 is 14.0 Å². The summed E-state index contributed by atoms with van der Waals surface area (Å²) in [6.07, 6.45) is 0.456. The summed E-state index contributed by atoms with van der Waals surface area (Å²) in [6.45, 7) is 0. The summed E-state index contributed by atoms with van der Waals surface area (Å²) in [4.78, 5) is 16.2. The lowest BCUT2D eigenvalue weighted by atomic mass is 10.2. The van der Waals surface area contributed by atoms with E-state index in [4.69, 9.17) is 14.0 Å². The Balaban J connectivity index is 1.58. The lowest BCUT2D eigenvalue weighted by Crippen LogP contribution is -2.09. The van der Waals surface area contributed by atoms with Gasteiger partial charge in [0.05, 0.1) is 18.0 Å². The van der Waals surface area contributed by atoms with Crippen LogP contribution in [0.2, 0.25) is 0 Å². The summed E-state index contributed by atoms with van der Waals surface area (Å²) >= 11 is 3.33. The Bertz CT molecular complexity index is 862. The van der Waals surface area contributed by atoms with Crippen LogP contribution < -0.4 is 9.47 Å². The Morgan fingerprint density at radius 1 is 1.16 bits per heavy atom. The quantitative estimate of drug-likeness (QED) is 0.457. The summed E-state index contributed by atoms with van der Waals surface area (Å²) in [6, 6.07) is 14.5. The van der Waals surface area contributed by atoms with Gasteiger partial charge in [0.2, 0.25) is 11.7 Å². The third kappa shape index (κ3) is 4.45. The Kier molecular flexibility index (Phi) is 5.45. The third-order valence-corrected chi connectivity index (χ3v) is 4.07. The fraction of sp³-hybridized carbons (Fsp3) is 0.167. The highest BCUT2D eigenvalue weighted by Crippen LogP contribution is 2.24. The molecule has 2 aromatic carbocycles. The van der Waals surface area contributed by atoms with E-state index in [1.807, 2.05) is 36.4 Å². The minimum atomic E-state index is -0.365. The fourth-order valence-electron chi connectivity index (χ4n) is 2.12. The van der Waals surface area contributed by atoms with Crippen LogP contribution in [0.5, 0.6) is 11.5 Å². The van der Waals surface area contributed by atoms with Crippen molar-refractivity contribution in [3.8, 4) is 22.9 Å². The Labute approximate surface area is 152 Å². The van der Waals surface area contributed by atoms with E-state index in [1.54, 1.807) is 19.2 Å². The number of hydrogen-bond donors (Lipinski definition) is 0. The van der Waals surface area contributed by atoms with Gasteiger partial charge in [-0.2, -0.15) is 4.98 Å². The lowest BCUT2D eigenvalue weighted by Gasteiger charge is -2.04. The van der Waals surface area contributed by atoms with Crippen molar-refractivity contribution in [3.63, 3.8) is 0 Å². The zero-order valence-electron chi connectivity index (χ0n) is 13.4. The molecule has 0 unspecified atom stereocenters. The van der Waals surface area contributed by atoms with E-state index in [9.17, 15) is 4.79 Å². The molecule has 0 radical (unpaired) electrons. The minimum absolute atomic E-state index is 0.144. The maximum Gasteiger partial charge on any atom is 0.311 e. The van der Waals surface area contributed by atoms with Gasteiger partial charge in [-0.1, -0.05) is 17.3 Å². The van der Waals surface area contributed by atoms with E-state index in [1.165, 1.54) is 0 Å². The number of rotatable bonds is 6. The number of aromatic nitrogens is 2. The maximum atomic E-state index is 11.9. The monoisotopic (exact) mass is 402 g/mol. The van der Waals surface area contributed by atoms with Crippen LogP contribution in [0.4, 0.5) is 0 Å². The van der Waals surface area contributed by atoms with Gasteiger partial charge in [-0.3, -0.25) is 4.79 Å². The molecule has 25 heavy (non-hydrogen) atoms. The van der Waals surface area contributed by atoms with Crippen LogP contribution >= 0.6 is 15.9 Å². The zero-order chi connectivity index (χ0) is 17.6. The smallest absolute Gasteiger partial charge is 0.311 e. The van der Waals surface area contributed by atoms with Crippen molar-refractivity contribution < 1.29 is 18.8 Å². The van der Waals surface area contributed by atoms with E-state index >= 15 is 0 Å². The molecule has 0 aliphatic carbocycles. The first-order chi connectivity index (χ1) is 12.2. The summed E-state index contributed by atoms with van der Waals surface area (Å²) < 4.78 is 16.3. The van der Waals surface area contributed by atoms with E-state index in [-0.39, 0.29) is 12.4 Å². The molecule has 0 aliphatic rings. The zero-order valence-corrected chi connectivity index (χ0v) is 15.0. The second kappa shape index (κ2) is 7.94. The molecule has 6 nitrogen and oxygen atoms in total. The molecule has 1 aromatic heterocycles. The number of carbonyl (C=O) groups is 1. The van der Waals surface area contributed by atoms with E-state index in [0.717, 1.165) is 15.8 Å². The predicted molar refractivity (Wildman–Crippen MR) is 94.4 cm³/mol. The fourth-order valence-corrected chi connectivity index (χ4v) is 2.49. The molecule has 0 bridgehead atoms. The summed E-state index contributed by atoms with van der Waals surface area (Å²) in [5.41, 5.74) is 0.812. The number of benzene rings is 2. The van der Waals surface area contributed by atoms with Crippen LogP contribution in [0.25, 0.3) is 11.4 Å². The highest BCUT2D eigenvalue weighted by molar-refractivity contribution is 9.10. The Morgan fingerprint density at radius 3 is 2.64 bits per heavy atom. The van der Waals surface area contributed by atoms with Crippen LogP contribution in [0, 0.1) is 0 Å². The van der Waals surface area contributed by atoms with Crippen molar-refractivity contribution >= 4 is 21.9 Å². The second-order valence-electron chi connectivity index (χ2n) is 5.14. The van der Waals surface area contributed by atoms with Crippen LogP contribution in [0.1, 0.15) is 12.3 Å². The maximum absolute atomic E-state index is 11.9. The van der Waals surface area contributed by atoms with Gasteiger partial charge in [0, 0.05) is 12.0 Å². The van der Waals surface area contributed by atoms with E-state index in [0.29, 0.717) is 23.9 Å². The molecule has 0 saturated carbocycles. The van der Waals surface area contributed by atoms with Gasteiger partial charge in [-0.25, -0.2) is 0 Å². The molecule has 128 valence electrons. The second-order valence-corrected chi connectivity index (χ2v) is 6.00. The molecule has 3 aromatic rings. The first kappa shape index (κ1) is 17.2. The SMILES string of the molecule is COc1ccc(-c2noc(CCC(=O)Oc3ccccc3Br)n2)cc1.